The maximum absolute atomic E-state index is 14.3. The van der Waals surface area contributed by atoms with Crippen molar-refractivity contribution in [3.8, 4) is 0 Å². The minimum absolute atomic E-state index is 0.00286. The van der Waals surface area contributed by atoms with E-state index in [9.17, 15) is 17.6 Å². The molecule has 0 aliphatic heterocycles. The smallest absolute Gasteiger partial charge is 0.267 e. The highest BCUT2D eigenvalue weighted by molar-refractivity contribution is 7.92. The number of anilines is 1. The first kappa shape index (κ1) is 20.5. The van der Waals surface area contributed by atoms with E-state index in [-0.39, 0.29) is 18.1 Å². The molecule has 0 aliphatic rings. The van der Waals surface area contributed by atoms with Crippen LogP contribution in [0.1, 0.15) is 15.9 Å². The average molecular weight is 412 g/mol. The highest BCUT2D eigenvalue weighted by Crippen LogP contribution is 2.28. The Kier molecular flexibility index (Phi) is 5.98. The molecule has 3 aromatic carbocycles. The minimum Gasteiger partial charge on any atom is -0.345 e. The molecule has 5 nitrogen and oxygen atoms in total. The van der Waals surface area contributed by atoms with Crippen molar-refractivity contribution in [3.05, 3.63) is 95.8 Å². The third-order valence-corrected chi connectivity index (χ3v) is 6.17. The molecule has 0 spiro atoms. The molecule has 0 atom stereocenters. The Morgan fingerprint density at radius 2 is 1.55 bits per heavy atom. The van der Waals surface area contributed by atoms with Gasteiger partial charge in [-0.2, -0.15) is 0 Å². The van der Waals surface area contributed by atoms with Crippen LogP contribution in [0.3, 0.4) is 0 Å². The molecule has 1 amide bonds. The summed E-state index contributed by atoms with van der Waals surface area (Å²) in [6, 6.07) is 20.6. The van der Waals surface area contributed by atoms with Gasteiger partial charge in [-0.05, 0) is 35.9 Å². The van der Waals surface area contributed by atoms with Crippen LogP contribution in [-0.2, 0) is 16.6 Å². The second-order valence-corrected chi connectivity index (χ2v) is 8.51. The predicted octanol–water partition coefficient (Wildman–Crippen LogP) is 3.92. The second-order valence-electron chi connectivity index (χ2n) is 6.68. The van der Waals surface area contributed by atoms with Gasteiger partial charge in [-0.15, -0.1) is 0 Å². The van der Waals surface area contributed by atoms with E-state index in [1.54, 1.807) is 56.6 Å². The Morgan fingerprint density at radius 1 is 0.897 bits per heavy atom. The summed E-state index contributed by atoms with van der Waals surface area (Å²) in [5, 5.41) is 0. The highest BCUT2D eigenvalue weighted by Gasteiger charge is 2.28. The maximum atomic E-state index is 14.3. The molecule has 3 aromatic rings. The molecule has 0 saturated carbocycles. The molecular weight excluding hydrogens is 391 g/mol. The lowest BCUT2D eigenvalue weighted by Crippen LogP contribution is -2.31. The van der Waals surface area contributed by atoms with Gasteiger partial charge in [-0.25, -0.2) is 12.8 Å². The molecule has 150 valence electrons. The maximum Gasteiger partial charge on any atom is 0.267 e. The van der Waals surface area contributed by atoms with Crippen LogP contribution in [0.25, 0.3) is 0 Å². The Morgan fingerprint density at radius 3 is 2.21 bits per heavy atom. The number of carbonyl (C=O) groups excluding carboxylic acids is 1. The fraction of sp³-hybridized carbons (Fsp3) is 0.136. The normalized spacial score (nSPS) is 11.1. The van der Waals surface area contributed by atoms with Crippen LogP contribution in [0.2, 0.25) is 0 Å². The Labute approximate surface area is 170 Å². The molecule has 0 radical (unpaired) electrons. The lowest BCUT2D eigenvalue weighted by molar-refractivity contribution is 0.0827. The third kappa shape index (κ3) is 4.46. The van der Waals surface area contributed by atoms with Gasteiger partial charge in [-0.3, -0.25) is 9.10 Å². The van der Waals surface area contributed by atoms with Crippen LogP contribution >= 0.6 is 0 Å². The molecule has 0 heterocycles. The van der Waals surface area contributed by atoms with Crippen LogP contribution in [0.4, 0.5) is 10.1 Å². The first-order valence-electron chi connectivity index (χ1n) is 8.93. The summed E-state index contributed by atoms with van der Waals surface area (Å²) in [7, 11) is -0.976. The number of halogens is 1. The number of rotatable bonds is 6. The van der Waals surface area contributed by atoms with Crippen molar-refractivity contribution in [1.29, 1.82) is 0 Å². The van der Waals surface area contributed by atoms with E-state index in [0.717, 1.165) is 15.9 Å². The Hall–Kier alpha value is -3.19. The van der Waals surface area contributed by atoms with E-state index < -0.39 is 20.7 Å². The van der Waals surface area contributed by atoms with Crippen molar-refractivity contribution in [2.45, 2.75) is 11.4 Å². The van der Waals surface area contributed by atoms with Crippen LogP contribution in [0.5, 0.6) is 0 Å². The van der Waals surface area contributed by atoms with Crippen LogP contribution in [0.15, 0.2) is 83.8 Å². The molecule has 0 aromatic heterocycles. The molecule has 0 saturated heterocycles. The molecule has 0 unspecified atom stereocenters. The number of nitrogens with zero attached hydrogens (tertiary/aromatic N) is 2. The Bertz CT molecular complexity index is 1120. The highest BCUT2D eigenvalue weighted by atomic mass is 32.2. The summed E-state index contributed by atoms with van der Waals surface area (Å²) < 4.78 is 42.2. The fourth-order valence-electron chi connectivity index (χ4n) is 2.89. The molecule has 29 heavy (non-hydrogen) atoms. The largest absolute Gasteiger partial charge is 0.345 e. The average Bonchev–Trinajstić information content (AvgIpc) is 2.72. The van der Waals surface area contributed by atoms with Gasteiger partial charge in [0.05, 0.1) is 12.2 Å². The third-order valence-electron chi connectivity index (χ3n) is 4.36. The van der Waals surface area contributed by atoms with Gasteiger partial charge in [0.1, 0.15) is 10.7 Å². The summed E-state index contributed by atoms with van der Waals surface area (Å²) in [5.74, 6) is -1.08. The number of carbonyl (C=O) groups is 1. The minimum atomic E-state index is -4.21. The number of hydrogen-bond acceptors (Lipinski definition) is 3. The summed E-state index contributed by atoms with van der Waals surface area (Å²) in [5.41, 5.74) is 1.36. The van der Waals surface area contributed by atoms with Crippen molar-refractivity contribution in [2.24, 2.45) is 0 Å². The van der Waals surface area contributed by atoms with E-state index in [4.69, 9.17) is 0 Å². The van der Waals surface area contributed by atoms with Gasteiger partial charge in [0.15, 0.2) is 0 Å². The van der Waals surface area contributed by atoms with Gasteiger partial charge < -0.3 is 4.90 Å². The summed E-state index contributed by atoms with van der Waals surface area (Å²) in [6.07, 6.45) is 0. The van der Waals surface area contributed by atoms with Gasteiger partial charge in [0.2, 0.25) is 0 Å². The zero-order chi connectivity index (χ0) is 21.0. The topological polar surface area (TPSA) is 57.7 Å². The molecule has 0 bridgehead atoms. The zero-order valence-corrected chi connectivity index (χ0v) is 16.9. The standard InChI is InChI=1S/C22H21FN2O3S/c1-24(2)22(26)18-11-8-12-19(15-18)25(16-17-9-4-3-5-10-17)29(27,28)21-14-7-6-13-20(21)23/h3-15H,16H2,1-2H3. The Balaban J connectivity index is 2.13. The molecule has 3 rings (SSSR count). The predicted molar refractivity (Wildman–Crippen MR) is 111 cm³/mol. The van der Waals surface area contributed by atoms with Crippen molar-refractivity contribution >= 4 is 21.6 Å². The van der Waals surface area contributed by atoms with E-state index in [1.807, 2.05) is 6.07 Å². The van der Waals surface area contributed by atoms with Crippen molar-refractivity contribution < 1.29 is 17.6 Å². The van der Waals surface area contributed by atoms with Gasteiger partial charge in [0.25, 0.3) is 15.9 Å². The van der Waals surface area contributed by atoms with Crippen molar-refractivity contribution in [1.82, 2.24) is 4.90 Å². The summed E-state index contributed by atoms with van der Waals surface area (Å²) in [6.45, 7) is -0.00286. The lowest BCUT2D eigenvalue weighted by Gasteiger charge is -2.25. The summed E-state index contributed by atoms with van der Waals surface area (Å²) >= 11 is 0. The van der Waals surface area contributed by atoms with E-state index >= 15 is 0 Å². The number of sulfonamides is 1. The SMILES string of the molecule is CN(C)C(=O)c1cccc(N(Cc2ccccc2)S(=O)(=O)c2ccccc2F)c1. The number of hydrogen-bond donors (Lipinski definition) is 0. The fourth-order valence-corrected chi connectivity index (χ4v) is 4.40. The molecular formula is C22H21FN2O3S. The van der Waals surface area contributed by atoms with E-state index in [0.29, 0.717) is 5.56 Å². The van der Waals surface area contributed by atoms with Crippen molar-refractivity contribution in [2.75, 3.05) is 18.4 Å². The molecule has 0 aliphatic carbocycles. The molecule has 0 fully saturated rings. The second kappa shape index (κ2) is 8.45. The van der Waals surface area contributed by atoms with Gasteiger partial charge >= 0.3 is 0 Å². The van der Waals surface area contributed by atoms with Crippen LogP contribution < -0.4 is 4.31 Å². The summed E-state index contributed by atoms with van der Waals surface area (Å²) in [4.78, 5) is 13.3. The number of benzene rings is 3. The van der Waals surface area contributed by atoms with E-state index in [1.165, 1.54) is 29.2 Å². The monoisotopic (exact) mass is 412 g/mol. The molecule has 0 N–H and O–H groups in total. The van der Waals surface area contributed by atoms with E-state index in [2.05, 4.69) is 0 Å². The first-order chi connectivity index (χ1) is 13.8. The lowest BCUT2D eigenvalue weighted by atomic mass is 10.1. The first-order valence-corrected chi connectivity index (χ1v) is 10.4. The zero-order valence-electron chi connectivity index (χ0n) is 16.1. The van der Waals surface area contributed by atoms with Crippen LogP contribution in [-0.4, -0.2) is 33.3 Å². The van der Waals surface area contributed by atoms with Gasteiger partial charge in [0, 0.05) is 19.7 Å². The van der Waals surface area contributed by atoms with Crippen LogP contribution in [0, 0.1) is 5.82 Å². The van der Waals surface area contributed by atoms with Gasteiger partial charge in [-0.1, -0.05) is 48.5 Å². The number of amides is 1. The van der Waals surface area contributed by atoms with Crippen molar-refractivity contribution in [3.63, 3.8) is 0 Å². The quantitative estimate of drug-likeness (QED) is 0.617. The molecule has 7 heteroatoms.